The van der Waals surface area contributed by atoms with Gasteiger partial charge in [-0.2, -0.15) is 4.31 Å². The predicted octanol–water partition coefficient (Wildman–Crippen LogP) is 3.06. The zero-order chi connectivity index (χ0) is 15.6. The Morgan fingerprint density at radius 2 is 2.19 bits per heavy atom. The number of rotatable bonds is 4. The highest BCUT2D eigenvalue weighted by Crippen LogP contribution is 2.31. The predicted molar refractivity (Wildman–Crippen MR) is 79.9 cm³/mol. The molecule has 2 rings (SSSR count). The molecule has 0 amide bonds. The van der Waals surface area contributed by atoms with Gasteiger partial charge in [0.25, 0.3) is 5.69 Å². The number of sulfonamides is 1. The van der Waals surface area contributed by atoms with Crippen LogP contribution in [0.2, 0.25) is 5.02 Å². The first-order chi connectivity index (χ1) is 9.86. The fourth-order valence-electron chi connectivity index (χ4n) is 2.52. The van der Waals surface area contributed by atoms with E-state index < -0.39 is 14.9 Å². The Morgan fingerprint density at radius 1 is 1.48 bits per heavy atom. The van der Waals surface area contributed by atoms with Crippen LogP contribution in [0.5, 0.6) is 0 Å². The van der Waals surface area contributed by atoms with E-state index in [0.717, 1.165) is 25.3 Å². The summed E-state index contributed by atoms with van der Waals surface area (Å²) < 4.78 is 26.7. The van der Waals surface area contributed by atoms with Gasteiger partial charge in [0.1, 0.15) is 4.90 Å². The number of piperidine rings is 1. The van der Waals surface area contributed by atoms with Crippen LogP contribution in [0.25, 0.3) is 0 Å². The highest BCUT2D eigenvalue weighted by Gasteiger charge is 2.32. The van der Waals surface area contributed by atoms with Gasteiger partial charge in [-0.3, -0.25) is 10.1 Å². The van der Waals surface area contributed by atoms with Crippen molar-refractivity contribution in [1.82, 2.24) is 4.31 Å². The smallest absolute Gasteiger partial charge is 0.258 e. The molecule has 0 aromatic heterocycles. The largest absolute Gasteiger partial charge is 0.270 e. The molecule has 0 aliphatic carbocycles. The molecule has 0 spiro atoms. The summed E-state index contributed by atoms with van der Waals surface area (Å²) in [6.07, 6.45) is 2.71. The second-order valence-corrected chi connectivity index (χ2v) is 7.46. The standard InChI is InChI=1S/C13H17ClN2O4S/c1-2-10-4-3-7-15(9-10)21(19,20)13-8-11(16(17)18)5-6-12(13)14/h5-6,8,10H,2-4,7,9H2,1H3. The van der Waals surface area contributed by atoms with Gasteiger partial charge in [0.05, 0.1) is 9.95 Å². The minimum Gasteiger partial charge on any atom is -0.258 e. The molecular weight excluding hydrogens is 316 g/mol. The Hall–Kier alpha value is -1.18. The molecule has 1 aromatic rings. The molecule has 1 fully saturated rings. The molecule has 0 radical (unpaired) electrons. The van der Waals surface area contributed by atoms with Gasteiger partial charge in [-0.25, -0.2) is 8.42 Å². The van der Waals surface area contributed by atoms with E-state index >= 15 is 0 Å². The first-order valence-corrected chi connectivity index (χ1v) is 8.62. The van der Waals surface area contributed by atoms with Crippen molar-refractivity contribution in [3.63, 3.8) is 0 Å². The third-order valence-corrected chi connectivity index (χ3v) is 6.15. The normalized spacial score (nSPS) is 20.4. The van der Waals surface area contributed by atoms with Gasteiger partial charge in [-0.15, -0.1) is 0 Å². The lowest BCUT2D eigenvalue weighted by molar-refractivity contribution is -0.385. The summed E-state index contributed by atoms with van der Waals surface area (Å²) in [5.41, 5.74) is -0.276. The summed E-state index contributed by atoms with van der Waals surface area (Å²) in [6, 6.07) is 3.49. The van der Waals surface area contributed by atoms with E-state index in [1.54, 1.807) is 0 Å². The maximum atomic E-state index is 12.7. The van der Waals surface area contributed by atoms with Gasteiger partial charge < -0.3 is 0 Å². The number of nitro groups is 1. The number of hydrogen-bond acceptors (Lipinski definition) is 4. The van der Waals surface area contributed by atoms with Crippen LogP contribution in [0.15, 0.2) is 23.1 Å². The molecule has 8 heteroatoms. The Balaban J connectivity index is 2.39. The van der Waals surface area contributed by atoms with Gasteiger partial charge >= 0.3 is 0 Å². The van der Waals surface area contributed by atoms with Crippen molar-refractivity contribution in [2.24, 2.45) is 5.92 Å². The van der Waals surface area contributed by atoms with Crippen molar-refractivity contribution in [2.45, 2.75) is 31.1 Å². The average Bonchev–Trinajstić information content (AvgIpc) is 2.47. The van der Waals surface area contributed by atoms with E-state index in [0.29, 0.717) is 19.0 Å². The molecule has 1 aromatic carbocycles. The lowest BCUT2D eigenvalue weighted by Crippen LogP contribution is -2.39. The van der Waals surface area contributed by atoms with E-state index in [-0.39, 0.29) is 15.6 Å². The Labute approximate surface area is 128 Å². The van der Waals surface area contributed by atoms with Gasteiger partial charge in [0.2, 0.25) is 10.0 Å². The quantitative estimate of drug-likeness (QED) is 0.627. The van der Waals surface area contributed by atoms with Crippen LogP contribution in [-0.2, 0) is 10.0 Å². The Morgan fingerprint density at radius 3 is 2.81 bits per heavy atom. The second kappa shape index (κ2) is 6.29. The summed E-state index contributed by atoms with van der Waals surface area (Å²) in [4.78, 5) is 10.0. The average molecular weight is 333 g/mol. The highest BCUT2D eigenvalue weighted by molar-refractivity contribution is 7.89. The fraction of sp³-hybridized carbons (Fsp3) is 0.538. The van der Waals surface area contributed by atoms with Crippen molar-refractivity contribution in [3.8, 4) is 0 Å². The molecule has 0 bridgehead atoms. The molecule has 6 nitrogen and oxygen atoms in total. The van der Waals surface area contributed by atoms with E-state index in [4.69, 9.17) is 11.6 Å². The number of hydrogen-bond donors (Lipinski definition) is 0. The number of non-ortho nitro benzene ring substituents is 1. The molecule has 116 valence electrons. The molecule has 1 aliphatic heterocycles. The number of nitrogens with zero attached hydrogens (tertiary/aromatic N) is 2. The van der Waals surface area contributed by atoms with Crippen LogP contribution < -0.4 is 0 Å². The summed E-state index contributed by atoms with van der Waals surface area (Å²) in [5.74, 6) is 0.325. The minimum atomic E-state index is -3.79. The zero-order valence-electron chi connectivity index (χ0n) is 11.7. The molecular formula is C13H17ClN2O4S. The van der Waals surface area contributed by atoms with Gasteiger partial charge in [0.15, 0.2) is 0 Å². The molecule has 1 heterocycles. The summed E-state index contributed by atoms with van der Waals surface area (Å²) in [5, 5.41) is 10.8. The van der Waals surface area contributed by atoms with Crippen LogP contribution in [0.4, 0.5) is 5.69 Å². The van der Waals surface area contributed by atoms with Gasteiger partial charge in [-0.1, -0.05) is 24.9 Å². The molecule has 1 aliphatic rings. The van der Waals surface area contributed by atoms with Crippen molar-refractivity contribution < 1.29 is 13.3 Å². The van der Waals surface area contributed by atoms with Crippen molar-refractivity contribution in [1.29, 1.82) is 0 Å². The molecule has 21 heavy (non-hydrogen) atoms. The van der Waals surface area contributed by atoms with Crippen LogP contribution in [-0.4, -0.2) is 30.7 Å². The molecule has 0 N–H and O–H groups in total. The van der Waals surface area contributed by atoms with Crippen molar-refractivity contribution >= 4 is 27.3 Å². The van der Waals surface area contributed by atoms with E-state index in [1.807, 2.05) is 6.92 Å². The minimum absolute atomic E-state index is 0.0132. The molecule has 1 atom stereocenters. The van der Waals surface area contributed by atoms with Crippen LogP contribution in [0.1, 0.15) is 26.2 Å². The summed E-state index contributed by atoms with van der Waals surface area (Å²) >= 11 is 5.95. The maximum Gasteiger partial charge on any atom is 0.270 e. The van der Waals surface area contributed by atoms with E-state index in [9.17, 15) is 18.5 Å². The maximum absolute atomic E-state index is 12.7. The number of halogens is 1. The summed E-state index contributed by atoms with van der Waals surface area (Å²) in [7, 11) is -3.79. The third kappa shape index (κ3) is 3.36. The lowest BCUT2D eigenvalue weighted by atomic mass is 9.97. The van der Waals surface area contributed by atoms with Crippen LogP contribution in [0, 0.1) is 16.0 Å². The lowest BCUT2D eigenvalue weighted by Gasteiger charge is -2.31. The molecule has 1 unspecified atom stereocenters. The monoisotopic (exact) mass is 332 g/mol. The van der Waals surface area contributed by atoms with Crippen molar-refractivity contribution in [2.75, 3.05) is 13.1 Å². The first kappa shape index (κ1) is 16.2. The fourth-order valence-corrected chi connectivity index (χ4v) is 4.57. The Bertz CT molecular complexity index is 648. The topological polar surface area (TPSA) is 80.5 Å². The molecule has 0 saturated carbocycles. The zero-order valence-corrected chi connectivity index (χ0v) is 13.2. The summed E-state index contributed by atoms with van der Waals surface area (Å²) in [6.45, 7) is 2.90. The highest BCUT2D eigenvalue weighted by atomic mass is 35.5. The van der Waals surface area contributed by atoms with Crippen LogP contribution >= 0.6 is 11.6 Å². The molecule has 1 saturated heterocycles. The SMILES string of the molecule is CCC1CCCN(S(=O)(=O)c2cc([N+](=O)[O-])ccc2Cl)C1. The van der Waals surface area contributed by atoms with Gasteiger partial charge in [0, 0.05) is 25.2 Å². The van der Waals surface area contributed by atoms with Crippen molar-refractivity contribution in [3.05, 3.63) is 33.3 Å². The van der Waals surface area contributed by atoms with E-state index in [2.05, 4.69) is 0 Å². The van der Waals surface area contributed by atoms with Crippen LogP contribution in [0.3, 0.4) is 0 Å². The second-order valence-electron chi connectivity index (χ2n) is 5.15. The Kier molecular flexibility index (Phi) is 4.85. The third-order valence-electron chi connectivity index (χ3n) is 3.80. The number of nitro benzene ring substituents is 1. The van der Waals surface area contributed by atoms with Gasteiger partial charge in [-0.05, 0) is 24.8 Å². The number of benzene rings is 1. The van der Waals surface area contributed by atoms with E-state index in [1.165, 1.54) is 16.4 Å². The first-order valence-electron chi connectivity index (χ1n) is 6.80.